The third-order valence-corrected chi connectivity index (χ3v) is 3.32. The molecular formula is C16H13N3O. The van der Waals surface area contributed by atoms with Crippen molar-refractivity contribution in [1.82, 2.24) is 9.78 Å². The standard InChI is InChI=1S/C16H13N3O/c1-11(20)14-7-6-12(9-17)8-16(14)19-15-5-3-2-4-13(15)10-18-19/h2-8,10-11,20H,1H3. The Morgan fingerprint density at radius 1 is 1.25 bits per heavy atom. The predicted octanol–water partition coefficient (Wildman–Crippen LogP) is 2.95. The molecule has 1 aromatic heterocycles. The quantitative estimate of drug-likeness (QED) is 0.773. The first-order chi connectivity index (χ1) is 9.70. The van der Waals surface area contributed by atoms with E-state index in [9.17, 15) is 5.11 Å². The number of nitriles is 1. The van der Waals surface area contributed by atoms with Gasteiger partial charge in [-0.3, -0.25) is 0 Å². The Kier molecular flexibility index (Phi) is 2.97. The van der Waals surface area contributed by atoms with Crippen molar-refractivity contribution in [3.05, 3.63) is 59.8 Å². The van der Waals surface area contributed by atoms with Crippen LogP contribution in [0.4, 0.5) is 0 Å². The lowest BCUT2D eigenvalue weighted by atomic mass is 10.1. The van der Waals surface area contributed by atoms with Gasteiger partial charge in [0.2, 0.25) is 0 Å². The lowest BCUT2D eigenvalue weighted by molar-refractivity contribution is 0.199. The lowest BCUT2D eigenvalue weighted by Crippen LogP contribution is -2.04. The number of rotatable bonds is 2. The minimum Gasteiger partial charge on any atom is -0.389 e. The van der Waals surface area contributed by atoms with Crippen LogP contribution < -0.4 is 0 Å². The maximum absolute atomic E-state index is 9.92. The maximum atomic E-state index is 9.92. The number of hydrogen-bond acceptors (Lipinski definition) is 3. The number of aliphatic hydroxyl groups excluding tert-OH is 1. The van der Waals surface area contributed by atoms with Gasteiger partial charge in [-0.05, 0) is 25.1 Å². The second-order valence-electron chi connectivity index (χ2n) is 4.68. The SMILES string of the molecule is CC(O)c1ccc(C#N)cc1-n1ncc2ccccc21. The lowest BCUT2D eigenvalue weighted by Gasteiger charge is -2.13. The predicted molar refractivity (Wildman–Crippen MR) is 76.4 cm³/mol. The number of aromatic nitrogens is 2. The molecule has 3 rings (SSSR count). The molecule has 0 aliphatic rings. The van der Waals surface area contributed by atoms with E-state index in [0.29, 0.717) is 5.56 Å². The first-order valence-corrected chi connectivity index (χ1v) is 6.36. The zero-order chi connectivity index (χ0) is 14.1. The number of hydrogen-bond donors (Lipinski definition) is 1. The molecule has 0 fully saturated rings. The van der Waals surface area contributed by atoms with Gasteiger partial charge in [-0.25, -0.2) is 4.68 Å². The highest BCUT2D eigenvalue weighted by atomic mass is 16.3. The molecule has 1 unspecified atom stereocenters. The van der Waals surface area contributed by atoms with Crippen molar-refractivity contribution < 1.29 is 5.11 Å². The second kappa shape index (κ2) is 4.80. The monoisotopic (exact) mass is 263 g/mol. The van der Waals surface area contributed by atoms with Gasteiger partial charge in [0.25, 0.3) is 0 Å². The zero-order valence-corrected chi connectivity index (χ0v) is 11.0. The molecule has 0 saturated carbocycles. The van der Waals surface area contributed by atoms with Crippen molar-refractivity contribution in [3.63, 3.8) is 0 Å². The summed E-state index contributed by atoms with van der Waals surface area (Å²) in [5.41, 5.74) is 2.98. The zero-order valence-electron chi connectivity index (χ0n) is 11.0. The van der Waals surface area contributed by atoms with E-state index in [1.807, 2.05) is 24.3 Å². The van der Waals surface area contributed by atoms with Crippen LogP contribution in [0.3, 0.4) is 0 Å². The van der Waals surface area contributed by atoms with E-state index >= 15 is 0 Å². The fraction of sp³-hybridized carbons (Fsp3) is 0.125. The summed E-state index contributed by atoms with van der Waals surface area (Å²) in [5, 5.41) is 24.4. The molecular weight excluding hydrogens is 250 g/mol. The molecule has 98 valence electrons. The Morgan fingerprint density at radius 2 is 2.05 bits per heavy atom. The van der Waals surface area contributed by atoms with E-state index in [1.165, 1.54) is 0 Å². The van der Waals surface area contributed by atoms with Crippen molar-refractivity contribution in [2.75, 3.05) is 0 Å². The van der Waals surface area contributed by atoms with Crippen LogP contribution in [0.2, 0.25) is 0 Å². The third-order valence-electron chi connectivity index (χ3n) is 3.32. The molecule has 0 aliphatic carbocycles. The average molecular weight is 263 g/mol. The minimum atomic E-state index is -0.624. The van der Waals surface area contributed by atoms with E-state index in [2.05, 4.69) is 11.2 Å². The molecule has 0 spiro atoms. The molecule has 0 bridgehead atoms. The van der Waals surface area contributed by atoms with Crippen LogP contribution in [0, 0.1) is 11.3 Å². The summed E-state index contributed by atoms with van der Waals surface area (Å²) in [6, 6.07) is 15.2. The minimum absolute atomic E-state index is 0.545. The number of fused-ring (bicyclic) bond motifs is 1. The Labute approximate surface area is 116 Å². The fourth-order valence-corrected chi connectivity index (χ4v) is 2.31. The highest BCUT2D eigenvalue weighted by molar-refractivity contribution is 5.80. The first kappa shape index (κ1) is 12.4. The molecule has 2 aromatic carbocycles. The largest absolute Gasteiger partial charge is 0.389 e. The highest BCUT2D eigenvalue weighted by Crippen LogP contribution is 2.26. The summed E-state index contributed by atoms with van der Waals surface area (Å²) < 4.78 is 1.76. The molecule has 1 N–H and O–H groups in total. The number of nitrogens with zero attached hydrogens (tertiary/aromatic N) is 3. The van der Waals surface area contributed by atoms with Gasteiger partial charge in [0.1, 0.15) is 0 Å². The van der Waals surface area contributed by atoms with Gasteiger partial charge in [-0.15, -0.1) is 0 Å². The van der Waals surface area contributed by atoms with Crippen LogP contribution >= 0.6 is 0 Å². The van der Waals surface area contributed by atoms with E-state index in [4.69, 9.17) is 5.26 Å². The summed E-state index contributed by atoms with van der Waals surface area (Å²) in [4.78, 5) is 0. The summed E-state index contributed by atoms with van der Waals surface area (Å²) >= 11 is 0. The second-order valence-corrected chi connectivity index (χ2v) is 4.68. The van der Waals surface area contributed by atoms with Crippen LogP contribution in [0.15, 0.2) is 48.7 Å². The molecule has 4 heteroatoms. The van der Waals surface area contributed by atoms with E-state index in [-0.39, 0.29) is 0 Å². The van der Waals surface area contributed by atoms with Crippen LogP contribution in [0.25, 0.3) is 16.6 Å². The van der Waals surface area contributed by atoms with Crippen molar-refractivity contribution in [2.24, 2.45) is 0 Å². The van der Waals surface area contributed by atoms with E-state index in [1.54, 1.807) is 36.0 Å². The van der Waals surface area contributed by atoms with E-state index in [0.717, 1.165) is 22.2 Å². The normalized spacial score (nSPS) is 12.2. The van der Waals surface area contributed by atoms with Crippen molar-refractivity contribution >= 4 is 10.9 Å². The number of aliphatic hydroxyl groups is 1. The number of benzene rings is 2. The molecule has 4 nitrogen and oxygen atoms in total. The third kappa shape index (κ3) is 1.94. The topological polar surface area (TPSA) is 61.8 Å². The average Bonchev–Trinajstić information content (AvgIpc) is 2.90. The van der Waals surface area contributed by atoms with Gasteiger partial charge in [0, 0.05) is 10.9 Å². The Balaban J connectivity index is 2.30. The smallest absolute Gasteiger partial charge is 0.0992 e. The van der Waals surface area contributed by atoms with Crippen molar-refractivity contribution in [3.8, 4) is 11.8 Å². The Bertz CT molecular complexity index is 812. The van der Waals surface area contributed by atoms with Gasteiger partial charge >= 0.3 is 0 Å². The van der Waals surface area contributed by atoms with Gasteiger partial charge in [-0.1, -0.05) is 24.3 Å². The number of para-hydroxylation sites is 1. The molecule has 20 heavy (non-hydrogen) atoms. The highest BCUT2D eigenvalue weighted by Gasteiger charge is 2.13. The summed E-state index contributed by atoms with van der Waals surface area (Å²) in [5.74, 6) is 0. The molecule has 1 atom stereocenters. The molecule has 0 radical (unpaired) electrons. The van der Waals surface area contributed by atoms with Gasteiger partial charge in [0.05, 0.1) is 35.1 Å². The van der Waals surface area contributed by atoms with Crippen molar-refractivity contribution in [1.29, 1.82) is 5.26 Å². The molecule has 0 aliphatic heterocycles. The fourth-order valence-electron chi connectivity index (χ4n) is 2.31. The Morgan fingerprint density at radius 3 is 2.80 bits per heavy atom. The summed E-state index contributed by atoms with van der Waals surface area (Å²) in [7, 11) is 0. The summed E-state index contributed by atoms with van der Waals surface area (Å²) in [6.07, 6.45) is 1.15. The van der Waals surface area contributed by atoms with Gasteiger partial charge < -0.3 is 5.11 Å². The molecule has 0 saturated heterocycles. The molecule has 0 amide bonds. The van der Waals surface area contributed by atoms with Crippen LogP contribution in [-0.2, 0) is 0 Å². The van der Waals surface area contributed by atoms with Gasteiger partial charge in [0.15, 0.2) is 0 Å². The van der Waals surface area contributed by atoms with Crippen LogP contribution in [0.5, 0.6) is 0 Å². The Hall–Kier alpha value is -2.64. The van der Waals surface area contributed by atoms with Crippen LogP contribution in [0.1, 0.15) is 24.2 Å². The molecule has 1 heterocycles. The van der Waals surface area contributed by atoms with Crippen LogP contribution in [-0.4, -0.2) is 14.9 Å². The maximum Gasteiger partial charge on any atom is 0.0992 e. The first-order valence-electron chi connectivity index (χ1n) is 6.36. The van der Waals surface area contributed by atoms with E-state index < -0.39 is 6.10 Å². The van der Waals surface area contributed by atoms with Gasteiger partial charge in [-0.2, -0.15) is 10.4 Å². The van der Waals surface area contributed by atoms with Crippen molar-refractivity contribution in [2.45, 2.75) is 13.0 Å². The summed E-state index contributed by atoms with van der Waals surface area (Å²) in [6.45, 7) is 1.70. The molecule has 3 aromatic rings.